The number of ether oxygens (including phenoxy) is 1. The Morgan fingerprint density at radius 2 is 2.20 bits per heavy atom. The molecular formula is C17H23NO2. The molecular weight excluding hydrogens is 250 g/mol. The van der Waals surface area contributed by atoms with Gasteiger partial charge in [0.2, 0.25) is 0 Å². The maximum atomic E-state index is 5.89. The lowest BCUT2D eigenvalue weighted by atomic mass is 9.83. The first-order valence-electron chi connectivity index (χ1n) is 7.60. The molecule has 1 fully saturated rings. The standard InChI is InChI=1S/C17H23NO2/c1-18-15(12-19-10-9-13-5-4-6-13)17-11-14-7-2-3-8-16(14)20-17/h2-3,7-8,11,13,15,18H,4-6,9-10,12H2,1H3. The van der Waals surface area contributed by atoms with E-state index in [1.54, 1.807) is 0 Å². The third-order valence-electron chi connectivity index (χ3n) is 4.32. The molecule has 0 saturated heterocycles. The van der Waals surface area contributed by atoms with Crippen LogP contribution in [0.5, 0.6) is 0 Å². The Bertz CT molecular complexity index is 512. The summed E-state index contributed by atoms with van der Waals surface area (Å²) < 4.78 is 11.7. The Balaban J connectivity index is 1.54. The number of fused-ring (bicyclic) bond motifs is 1. The maximum absolute atomic E-state index is 5.89. The number of nitrogens with one attached hydrogen (secondary N) is 1. The Kier molecular flexibility index (Phi) is 4.38. The SMILES string of the molecule is CNC(COCCC1CCC1)c1cc2ccccc2o1. The fourth-order valence-corrected chi connectivity index (χ4v) is 2.71. The summed E-state index contributed by atoms with van der Waals surface area (Å²) in [6, 6.07) is 10.3. The molecule has 1 atom stereocenters. The summed E-state index contributed by atoms with van der Waals surface area (Å²) in [6.45, 7) is 1.53. The number of rotatable bonds is 7. The molecule has 1 aromatic heterocycles. The number of hydrogen-bond donors (Lipinski definition) is 1. The van der Waals surface area contributed by atoms with Gasteiger partial charge in [-0.15, -0.1) is 0 Å². The molecule has 1 aliphatic carbocycles. The molecule has 0 amide bonds. The van der Waals surface area contributed by atoms with E-state index in [0.29, 0.717) is 6.61 Å². The van der Waals surface area contributed by atoms with Crippen LogP contribution in [0.15, 0.2) is 34.7 Å². The Labute approximate surface area is 120 Å². The molecule has 3 heteroatoms. The van der Waals surface area contributed by atoms with E-state index in [1.807, 2.05) is 25.2 Å². The number of para-hydroxylation sites is 1. The van der Waals surface area contributed by atoms with Crippen molar-refractivity contribution in [1.82, 2.24) is 5.32 Å². The predicted octanol–water partition coefficient (Wildman–Crippen LogP) is 3.90. The van der Waals surface area contributed by atoms with E-state index in [1.165, 1.54) is 25.7 Å². The largest absolute Gasteiger partial charge is 0.459 e. The van der Waals surface area contributed by atoms with Crippen molar-refractivity contribution in [3.8, 4) is 0 Å². The van der Waals surface area contributed by atoms with Crippen molar-refractivity contribution in [3.63, 3.8) is 0 Å². The fraction of sp³-hybridized carbons (Fsp3) is 0.529. The Morgan fingerprint density at radius 3 is 2.90 bits per heavy atom. The second kappa shape index (κ2) is 6.42. The zero-order valence-corrected chi connectivity index (χ0v) is 12.1. The number of hydrogen-bond acceptors (Lipinski definition) is 3. The molecule has 0 radical (unpaired) electrons. The van der Waals surface area contributed by atoms with Crippen LogP contribution in [-0.2, 0) is 4.74 Å². The molecule has 1 aliphatic rings. The topological polar surface area (TPSA) is 34.4 Å². The fourth-order valence-electron chi connectivity index (χ4n) is 2.71. The minimum Gasteiger partial charge on any atom is -0.459 e. The molecule has 1 saturated carbocycles. The molecule has 1 aromatic carbocycles. The van der Waals surface area contributed by atoms with Crippen molar-refractivity contribution in [3.05, 3.63) is 36.1 Å². The zero-order chi connectivity index (χ0) is 13.8. The van der Waals surface area contributed by atoms with Crippen molar-refractivity contribution < 1.29 is 9.15 Å². The lowest BCUT2D eigenvalue weighted by Crippen LogP contribution is -2.22. The van der Waals surface area contributed by atoms with Crippen LogP contribution >= 0.6 is 0 Å². The minimum atomic E-state index is 0.129. The lowest BCUT2D eigenvalue weighted by Gasteiger charge is -2.25. The van der Waals surface area contributed by atoms with Crippen molar-refractivity contribution in [2.75, 3.05) is 20.3 Å². The van der Waals surface area contributed by atoms with Crippen molar-refractivity contribution in [2.45, 2.75) is 31.7 Å². The van der Waals surface area contributed by atoms with Crippen molar-refractivity contribution in [1.29, 1.82) is 0 Å². The highest BCUT2D eigenvalue weighted by atomic mass is 16.5. The Morgan fingerprint density at radius 1 is 1.35 bits per heavy atom. The highest BCUT2D eigenvalue weighted by molar-refractivity contribution is 5.77. The second-order valence-corrected chi connectivity index (χ2v) is 5.69. The van der Waals surface area contributed by atoms with E-state index in [0.717, 1.165) is 29.3 Å². The summed E-state index contributed by atoms with van der Waals surface area (Å²) in [4.78, 5) is 0. The summed E-state index contributed by atoms with van der Waals surface area (Å²) in [5.74, 6) is 1.87. The second-order valence-electron chi connectivity index (χ2n) is 5.69. The van der Waals surface area contributed by atoms with E-state index >= 15 is 0 Å². The first-order valence-corrected chi connectivity index (χ1v) is 7.60. The summed E-state index contributed by atoms with van der Waals surface area (Å²) >= 11 is 0. The van der Waals surface area contributed by atoms with Gasteiger partial charge in [0.25, 0.3) is 0 Å². The number of likely N-dealkylation sites (N-methyl/N-ethyl adjacent to an activating group) is 1. The van der Waals surface area contributed by atoms with Crippen LogP contribution in [0.3, 0.4) is 0 Å². The van der Waals surface area contributed by atoms with Crippen LogP contribution in [0, 0.1) is 5.92 Å². The molecule has 3 rings (SSSR count). The third-order valence-corrected chi connectivity index (χ3v) is 4.32. The van der Waals surface area contributed by atoms with Gasteiger partial charge >= 0.3 is 0 Å². The number of benzene rings is 1. The molecule has 1 N–H and O–H groups in total. The van der Waals surface area contributed by atoms with Gasteiger partial charge in [0.05, 0.1) is 12.6 Å². The van der Waals surface area contributed by atoms with Crippen LogP contribution in [-0.4, -0.2) is 20.3 Å². The van der Waals surface area contributed by atoms with Crippen LogP contribution in [0.2, 0.25) is 0 Å². The molecule has 3 nitrogen and oxygen atoms in total. The molecule has 0 bridgehead atoms. The van der Waals surface area contributed by atoms with Crippen LogP contribution in [0.4, 0.5) is 0 Å². The minimum absolute atomic E-state index is 0.129. The molecule has 1 heterocycles. The van der Waals surface area contributed by atoms with Gasteiger partial charge in [-0.05, 0) is 31.5 Å². The maximum Gasteiger partial charge on any atom is 0.134 e. The average molecular weight is 273 g/mol. The van der Waals surface area contributed by atoms with Gasteiger partial charge in [0.15, 0.2) is 0 Å². The molecule has 20 heavy (non-hydrogen) atoms. The van der Waals surface area contributed by atoms with E-state index in [4.69, 9.17) is 9.15 Å². The van der Waals surface area contributed by atoms with Gasteiger partial charge in [0.1, 0.15) is 11.3 Å². The molecule has 0 spiro atoms. The highest BCUT2D eigenvalue weighted by Crippen LogP contribution is 2.29. The summed E-state index contributed by atoms with van der Waals surface area (Å²) in [6.07, 6.45) is 5.39. The van der Waals surface area contributed by atoms with E-state index in [-0.39, 0.29) is 6.04 Å². The van der Waals surface area contributed by atoms with Gasteiger partial charge in [-0.3, -0.25) is 0 Å². The average Bonchev–Trinajstić information content (AvgIpc) is 2.84. The van der Waals surface area contributed by atoms with Crippen LogP contribution < -0.4 is 5.32 Å². The zero-order valence-electron chi connectivity index (χ0n) is 12.1. The molecule has 108 valence electrons. The van der Waals surface area contributed by atoms with Gasteiger partial charge in [-0.1, -0.05) is 37.5 Å². The summed E-state index contributed by atoms with van der Waals surface area (Å²) in [7, 11) is 1.95. The van der Waals surface area contributed by atoms with Crippen molar-refractivity contribution >= 4 is 11.0 Å². The normalized spacial score (nSPS) is 17.2. The monoisotopic (exact) mass is 273 g/mol. The van der Waals surface area contributed by atoms with Crippen LogP contribution in [0.25, 0.3) is 11.0 Å². The van der Waals surface area contributed by atoms with Gasteiger partial charge in [0, 0.05) is 12.0 Å². The lowest BCUT2D eigenvalue weighted by molar-refractivity contribution is 0.0863. The van der Waals surface area contributed by atoms with E-state index < -0.39 is 0 Å². The highest BCUT2D eigenvalue weighted by Gasteiger charge is 2.18. The summed E-state index contributed by atoms with van der Waals surface area (Å²) in [5.41, 5.74) is 0.942. The Hall–Kier alpha value is -1.32. The van der Waals surface area contributed by atoms with E-state index in [2.05, 4.69) is 17.4 Å². The van der Waals surface area contributed by atoms with Crippen LogP contribution in [0.1, 0.15) is 37.5 Å². The van der Waals surface area contributed by atoms with E-state index in [9.17, 15) is 0 Å². The first-order chi connectivity index (χ1) is 9.86. The van der Waals surface area contributed by atoms with Crippen molar-refractivity contribution in [2.24, 2.45) is 5.92 Å². The molecule has 2 aromatic rings. The molecule has 0 aliphatic heterocycles. The first kappa shape index (κ1) is 13.7. The number of furan rings is 1. The van der Waals surface area contributed by atoms with Gasteiger partial charge in [-0.25, -0.2) is 0 Å². The quantitative estimate of drug-likeness (QED) is 0.777. The van der Waals surface area contributed by atoms with Gasteiger partial charge < -0.3 is 14.5 Å². The third kappa shape index (κ3) is 3.05. The predicted molar refractivity (Wildman–Crippen MR) is 80.8 cm³/mol. The van der Waals surface area contributed by atoms with Gasteiger partial charge in [-0.2, -0.15) is 0 Å². The smallest absolute Gasteiger partial charge is 0.134 e. The molecule has 1 unspecified atom stereocenters. The summed E-state index contributed by atoms with van der Waals surface area (Å²) in [5, 5.41) is 4.43.